The number of aryl methyl sites for hydroxylation is 1. The Balaban J connectivity index is 1.59. The van der Waals surface area contributed by atoms with E-state index in [0.29, 0.717) is 6.54 Å². The van der Waals surface area contributed by atoms with Gasteiger partial charge in [0.2, 0.25) is 4.96 Å². The number of hydrogen-bond donors (Lipinski definition) is 0. The lowest BCUT2D eigenvalue weighted by atomic mass is 10.3. The van der Waals surface area contributed by atoms with Crippen LogP contribution in [0.15, 0.2) is 48.8 Å². The van der Waals surface area contributed by atoms with E-state index in [1.165, 1.54) is 11.3 Å². The van der Waals surface area contributed by atoms with Gasteiger partial charge in [0.15, 0.2) is 5.82 Å². The molecular weight excluding hydrogens is 334 g/mol. The van der Waals surface area contributed by atoms with Gasteiger partial charge in [-0.2, -0.15) is 9.61 Å². The summed E-state index contributed by atoms with van der Waals surface area (Å²) in [5.41, 5.74) is 3.10. The first-order valence-electron chi connectivity index (χ1n) is 7.83. The molecule has 1 aromatic carbocycles. The fraction of sp³-hybridized carbons (Fsp3) is 0.118. The van der Waals surface area contributed by atoms with Crippen molar-refractivity contribution in [2.75, 3.05) is 0 Å². The number of nitrogens with zero attached hydrogens (tertiary/aromatic N) is 7. The highest BCUT2D eigenvalue weighted by Gasteiger charge is 2.15. The monoisotopic (exact) mass is 347 g/mol. The van der Waals surface area contributed by atoms with Crippen LogP contribution in [0.1, 0.15) is 11.6 Å². The maximum absolute atomic E-state index is 4.68. The van der Waals surface area contributed by atoms with Crippen LogP contribution in [0.4, 0.5) is 0 Å². The van der Waals surface area contributed by atoms with Gasteiger partial charge >= 0.3 is 0 Å². The van der Waals surface area contributed by atoms with Crippen molar-refractivity contribution < 1.29 is 0 Å². The first-order valence-corrected chi connectivity index (χ1v) is 8.64. The number of imidazole rings is 1. The number of rotatable bonds is 3. The van der Waals surface area contributed by atoms with Crippen LogP contribution in [-0.2, 0) is 6.54 Å². The summed E-state index contributed by atoms with van der Waals surface area (Å²) in [6, 6.07) is 12.0. The summed E-state index contributed by atoms with van der Waals surface area (Å²) >= 11 is 1.52. The van der Waals surface area contributed by atoms with E-state index in [4.69, 9.17) is 0 Å². The molecule has 122 valence electrons. The lowest BCUT2D eigenvalue weighted by Gasteiger charge is -2.04. The Labute approximate surface area is 146 Å². The average Bonchev–Trinajstić information content (AvgIpc) is 3.30. The Morgan fingerprint density at radius 3 is 2.76 bits per heavy atom. The van der Waals surface area contributed by atoms with Crippen molar-refractivity contribution in [1.82, 2.24) is 34.3 Å². The maximum atomic E-state index is 4.68. The average molecular weight is 347 g/mol. The van der Waals surface area contributed by atoms with Crippen molar-refractivity contribution >= 4 is 27.3 Å². The van der Waals surface area contributed by atoms with Gasteiger partial charge in [-0.05, 0) is 31.2 Å². The van der Waals surface area contributed by atoms with Crippen molar-refractivity contribution in [2.45, 2.75) is 13.5 Å². The van der Waals surface area contributed by atoms with Crippen molar-refractivity contribution in [1.29, 1.82) is 0 Å². The number of benzene rings is 1. The highest BCUT2D eigenvalue weighted by atomic mass is 32.1. The summed E-state index contributed by atoms with van der Waals surface area (Å²) < 4.78 is 3.95. The minimum atomic E-state index is 0.576. The molecule has 5 rings (SSSR count). The van der Waals surface area contributed by atoms with Gasteiger partial charge in [0.25, 0.3) is 0 Å². The molecule has 4 aromatic heterocycles. The molecule has 0 saturated heterocycles. The van der Waals surface area contributed by atoms with Crippen LogP contribution in [0.3, 0.4) is 0 Å². The van der Waals surface area contributed by atoms with Gasteiger partial charge in [-0.25, -0.2) is 4.98 Å². The Bertz CT molecular complexity index is 1190. The number of hydrogen-bond acceptors (Lipinski definition) is 6. The minimum Gasteiger partial charge on any atom is -0.320 e. The molecule has 25 heavy (non-hydrogen) atoms. The van der Waals surface area contributed by atoms with Crippen LogP contribution < -0.4 is 0 Å². The predicted octanol–water partition coefficient (Wildman–Crippen LogP) is 2.95. The van der Waals surface area contributed by atoms with Gasteiger partial charge in [-0.15, -0.1) is 10.2 Å². The summed E-state index contributed by atoms with van der Waals surface area (Å²) in [5, 5.41) is 14.2. The highest BCUT2D eigenvalue weighted by Crippen LogP contribution is 2.25. The van der Waals surface area contributed by atoms with Crippen LogP contribution in [0.2, 0.25) is 0 Å². The third kappa shape index (κ3) is 2.30. The normalized spacial score (nSPS) is 11.6. The quantitative estimate of drug-likeness (QED) is 0.502. The van der Waals surface area contributed by atoms with E-state index in [9.17, 15) is 0 Å². The summed E-state index contributed by atoms with van der Waals surface area (Å²) in [5.74, 6) is 1.74. The molecule has 0 aliphatic rings. The highest BCUT2D eigenvalue weighted by molar-refractivity contribution is 7.19. The molecule has 7 nitrogen and oxygen atoms in total. The molecule has 0 fully saturated rings. The van der Waals surface area contributed by atoms with Crippen LogP contribution in [0, 0.1) is 6.92 Å². The summed E-state index contributed by atoms with van der Waals surface area (Å²) in [4.78, 5) is 9.44. The summed E-state index contributed by atoms with van der Waals surface area (Å²) in [7, 11) is 0. The molecule has 0 saturated carbocycles. The minimum absolute atomic E-state index is 0.576. The van der Waals surface area contributed by atoms with Gasteiger partial charge < -0.3 is 4.57 Å². The smallest absolute Gasteiger partial charge is 0.235 e. The lowest BCUT2D eigenvalue weighted by molar-refractivity contribution is 0.707. The van der Waals surface area contributed by atoms with Crippen LogP contribution in [0.5, 0.6) is 0 Å². The first kappa shape index (κ1) is 14.2. The third-order valence-corrected chi connectivity index (χ3v) is 5.08. The summed E-state index contributed by atoms with van der Waals surface area (Å²) in [6.07, 6.45) is 3.53. The summed E-state index contributed by atoms with van der Waals surface area (Å²) in [6.45, 7) is 2.58. The zero-order valence-electron chi connectivity index (χ0n) is 13.4. The van der Waals surface area contributed by atoms with Gasteiger partial charge in [0, 0.05) is 18.0 Å². The predicted molar refractivity (Wildman–Crippen MR) is 95.5 cm³/mol. The molecule has 0 unspecified atom stereocenters. The molecule has 0 radical (unpaired) electrons. The molecule has 0 aliphatic heterocycles. The Morgan fingerprint density at radius 1 is 1.04 bits per heavy atom. The second kappa shape index (κ2) is 5.45. The number of para-hydroxylation sites is 2. The zero-order valence-corrected chi connectivity index (χ0v) is 14.2. The number of pyridine rings is 1. The molecule has 0 bridgehead atoms. The van der Waals surface area contributed by atoms with E-state index in [1.54, 1.807) is 12.4 Å². The standard InChI is InChI=1S/C17H13N7S/c1-11-19-13-4-2-3-5-14(13)23(11)10-15-20-21-17-24(15)22-16(25-17)12-6-8-18-9-7-12/h2-9H,10H2,1H3. The Kier molecular flexibility index (Phi) is 3.10. The molecule has 0 atom stereocenters. The van der Waals surface area contributed by atoms with Crippen molar-refractivity contribution in [3.63, 3.8) is 0 Å². The number of aromatic nitrogens is 7. The molecular formula is C17H13N7S. The topological polar surface area (TPSA) is 73.8 Å². The second-order valence-corrected chi connectivity index (χ2v) is 6.64. The number of fused-ring (bicyclic) bond motifs is 2. The fourth-order valence-corrected chi connectivity index (χ4v) is 3.77. The van der Waals surface area contributed by atoms with Crippen LogP contribution >= 0.6 is 11.3 Å². The van der Waals surface area contributed by atoms with E-state index < -0.39 is 0 Å². The van der Waals surface area contributed by atoms with Gasteiger partial charge in [0.1, 0.15) is 10.8 Å². The lowest BCUT2D eigenvalue weighted by Crippen LogP contribution is -2.06. The fourth-order valence-electron chi connectivity index (χ4n) is 2.90. The zero-order chi connectivity index (χ0) is 16.8. The van der Waals surface area contributed by atoms with Gasteiger partial charge in [0.05, 0.1) is 17.6 Å². The van der Waals surface area contributed by atoms with E-state index in [1.807, 2.05) is 41.8 Å². The molecule has 0 N–H and O–H groups in total. The Hall–Kier alpha value is -3.13. The second-order valence-electron chi connectivity index (χ2n) is 5.69. The van der Waals surface area contributed by atoms with E-state index in [-0.39, 0.29) is 0 Å². The van der Waals surface area contributed by atoms with Crippen LogP contribution in [0.25, 0.3) is 26.6 Å². The largest absolute Gasteiger partial charge is 0.320 e. The molecule has 4 heterocycles. The first-order chi connectivity index (χ1) is 12.3. The van der Waals surface area contributed by atoms with E-state index in [2.05, 4.69) is 35.9 Å². The molecule has 0 amide bonds. The van der Waals surface area contributed by atoms with E-state index >= 15 is 0 Å². The van der Waals surface area contributed by atoms with Crippen LogP contribution in [-0.4, -0.2) is 34.3 Å². The van der Waals surface area contributed by atoms with Crippen molar-refractivity contribution in [3.8, 4) is 10.6 Å². The molecule has 0 spiro atoms. The van der Waals surface area contributed by atoms with E-state index in [0.717, 1.165) is 38.2 Å². The third-order valence-electron chi connectivity index (χ3n) is 4.13. The van der Waals surface area contributed by atoms with Crippen molar-refractivity contribution in [2.24, 2.45) is 0 Å². The molecule has 0 aliphatic carbocycles. The van der Waals surface area contributed by atoms with Gasteiger partial charge in [-0.3, -0.25) is 4.98 Å². The molecule has 5 aromatic rings. The Morgan fingerprint density at radius 2 is 1.88 bits per heavy atom. The maximum Gasteiger partial charge on any atom is 0.235 e. The molecule has 8 heteroatoms. The van der Waals surface area contributed by atoms with Crippen molar-refractivity contribution in [3.05, 3.63) is 60.4 Å². The van der Waals surface area contributed by atoms with Gasteiger partial charge in [-0.1, -0.05) is 23.5 Å². The SMILES string of the molecule is Cc1nc2ccccc2n1Cc1nnc2sc(-c3ccncc3)nn12.